The summed E-state index contributed by atoms with van der Waals surface area (Å²) >= 11 is 5.51. The third-order valence-corrected chi connectivity index (χ3v) is 3.00. The number of benzene rings is 1. The van der Waals surface area contributed by atoms with Gasteiger partial charge < -0.3 is 0 Å². The maximum atomic E-state index is 13.2. The van der Waals surface area contributed by atoms with E-state index < -0.39 is 0 Å². The van der Waals surface area contributed by atoms with E-state index in [1.54, 1.807) is 12.3 Å². The maximum Gasteiger partial charge on any atom is 0.149 e. The van der Waals surface area contributed by atoms with E-state index in [2.05, 4.69) is 43.5 Å². The highest BCUT2D eigenvalue weighted by atomic mass is 127. The number of aromatic nitrogens is 1. The molecule has 0 bridgehead atoms. The lowest BCUT2D eigenvalue weighted by Crippen LogP contribution is -1.86. The highest BCUT2D eigenvalue weighted by Gasteiger charge is 2.05. The van der Waals surface area contributed by atoms with Crippen molar-refractivity contribution in [3.05, 3.63) is 38.3 Å². The van der Waals surface area contributed by atoms with Crippen LogP contribution in [0.4, 0.5) is 4.39 Å². The van der Waals surface area contributed by atoms with Crippen molar-refractivity contribution < 1.29 is 4.39 Å². The van der Waals surface area contributed by atoms with E-state index in [1.807, 2.05) is 6.07 Å². The van der Waals surface area contributed by atoms with Crippen molar-refractivity contribution in [2.45, 2.75) is 0 Å². The second-order valence-electron chi connectivity index (χ2n) is 2.58. The van der Waals surface area contributed by atoms with Crippen LogP contribution in [0.15, 0.2) is 28.9 Å². The van der Waals surface area contributed by atoms with E-state index in [4.69, 9.17) is 0 Å². The molecule has 1 heterocycles. The average Bonchev–Trinajstić information content (AvgIpc) is 2.12. The Morgan fingerprint density at radius 2 is 2.15 bits per heavy atom. The van der Waals surface area contributed by atoms with Crippen molar-refractivity contribution in [1.82, 2.24) is 4.98 Å². The molecule has 0 aliphatic carbocycles. The topological polar surface area (TPSA) is 12.9 Å². The number of hydrogen-bond donors (Lipinski definition) is 0. The maximum absolute atomic E-state index is 13.2. The molecule has 0 aliphatic rings. The Morgan fingerprint density at radius 1 is 1.38 bits per heavy atom. The van der Waals surface area contributed by atoms with Crippen molar-refractivity contribution in [1.29, 1.82) is 0 Å². The van der Waals surface area contributed by atoms with Crippen LogP contribution in [0.1, 0.15) is 0 Å². The molecule has 0 saturated heterocycles. The van der Waals surface area contributed by atoms with Gasteiger partial charge in [-0.2, -0.15) is 0 Å². The second kappa shape index (κ2) is 3.49. The minimum atomic E-state index is -0.283. The first kappa shape index (κ1) is 9.33. The number of nitrogens with zero attached hydrogens (tertiary/aromatic N) is 1. The fraction of sp³-hybridized carbons (Fsp3) is 0. The molecule has 66 valence electrons. The summed E-state index contributed by atoms with van der Waals surface area (Å²) in [4.78, 5) is 4.03. The molecule has 0 fully saturated rings. The van der Waals surface area contributed by atoms with E-state index in [0.717, 1.165) is 13.4 Å². The highest BCUT2D eigenvalue weighted by molar-refractivity contribution is 14.1. The summed E-state index contributed by atoms with van der Waals surface area (Å²) in [7, 11) is 0. The molecule has 0 aliphatic heterocycles. The molecule has 0 unspecified atom stereocenters. The van der Waals surface area contributed by atoms with Crippen molar-refractivity contribution in [2.24, 2.45) is 0 Å². The molecule has 0 saturated carbocycles. The second-order valence-corrected chi connectivity index (χ2v) is 4.68. The van der Waals surface area contributed by atoms with Gasteiger partial charge in [0.25, 0.3) is 0 Å². The first-order valence-electron chi connectivity index (χ1n) is 3.58. The SMILES string of the molecule is Fc1ccc(Br)c2cc(I)cnc12. The lowest BCUT2D eigenvalue weighted by molar-refractivity contribution is 0.636. The summed E-state index contributed by atoms with van der Waals surface area (Å²) in [6.07, 6.45) is 1.65. The van der Waals surface area contributed by atoms with Gasteiger partial charge in [-0.3, -0.25) is 4.98 Å². The van der Waals surface area contributed by atoms with E-state index in [1.165, 1.54) is 6.07 Å². The normalized spacial score (nSPS) is 10.7. The van der Waals surface area contributed by atoms with Gasteiger partial charge in [-0.25, -0.2) is 4.39 Å². The first-order valence-corrected chi connectivity index (χ1v) is 5.45. The van der Waals surface area contributed by atoms with Crippen LogP contribution < -0.4 is 0 Å². The van der Waals surface area contributed by atoms with Crippen LogP contribution >= 0.6 is 38.5 Å². The Hall–Kier alpha value is -0.230. The first-order chi connectivity index (χ1) is 6.18. The molecule has 0 radical (unpaired) electrons. The molecular weight excluding hydrogens is 348 g/mol. The van der Waals surface area contributed by atoms with Crippen LogP contribution in [0.25, 0.3) is 10.9 Å². The zero-order chi connectivity index (χ0) is 9.42. The van der Waals surface area contributed by atoms with Crippen LogP contribution in [0.5, 0.6) is 0 Å². The molecule has 1 aromatic carbocycles. The third kappa shape index (κ3) is 1.69. The van der Waals surface area contributed by atoms with E-state index >= 15 is 0 Å². The molecule has 1 aromatic heterocycles. The monoisotopic (exact) mass is 351 g/mol. The van der Waals surface area contributed by atoms with Gasteiger partial charge in [0.2, 0.25) is 0 Å². The molecule has 1 nitrogen and oxygen atoms in total. The molecular formula is C9H4BrFIN. The summed E-state index contributed by atoms with van der Waals surface area (Å²) in [6, 6.07) is 5.00. The summed E-state index contributed by atoms with van der Waals surface area (Å²) in [5, 5.41) is 0.812. The van der Waals surface area contributed by atoms with Gasteiger partial charge in [0.05, 0.1) is 0 Å². The third-order valence-electron chi connectivity index (χ3n) is 1.71. The van der Waals surface area contributed by atoms with Gasteiger partial charge in [0.1, 0.15) is 11.3 Å². The fourth-order valence-corrected chi connectivity index (χ4v) is 2.01. The van der Waals surface area contributed by atoms with E-state index in [9.17, 15) is 4.39 Å². The molecule has 13 heavy (non-hydrogen) atoms. The minimum absolute atomic E-state index is 0.283. The van der Waals surface area contributed by atoms with Crippen molar-refractivity contribution >= 4 is 49.4 Å². The van der Waals surface area contributed by atoms with Gasteiger partial charge >= 0.3 is 0 Å². The number of rotatable bonds is 0. The Bertz CT molecular complexity index is 472. The molecule has 0 N–H and O–H groups in total. The summed E-state index contributed by atoms with van der Waals surface area (Å²) in [6.45, 7) is 0. The number of fused-ring (bicyclic) bond motifs is 1. The average molecular weight is 352 g/mol. The lowest BCUT2D eigenvalue weighted by atomic mass is 10.2. The molecule has 2 aromatic rings. The molecule has 0 amide bonds. The van der Waals surface area contributed by atoms with Crippen LogP contribution in [0, 0.1) is 9.39 Å². The zero-order valence-electron chi connectivity index (χ0n) is 6.39. The molecule has 4 heteroatoms. The minimum Gasteiger partial charge on any atom is -0.252 e. The number of hydrogen-bond acceptors (Lipinski definition) is 1. The Kier molecular flexibility index (Phi) is 2.51. The summed E-state index contributed by atoms with van der Waals surface area (Å²) in [5.41, 5.74) is 0.412. The summed E-state index contributed by atoms with van der Waals surface area (Å²) in [5.74, 6) is -0.283. The molecule has 0 atom stereocenters. The Balaban J connectivity index is 2.92. The van der Waals surface area contributed by atoms with Crippen LogP contribution in [-0.2, 0) is 0 Å². The summed E-state index contributed by atoms with van der Waals surface area (Å²) < 4.78 is 15.1. The van der Waals surface area contributed by atoms with Crippen molar-refractivity contribution in [3.8, 4) is 0 Å². The van der Waals surface area contributed by atoms with Crippen molar-refractivity contribution in [3.63, 3.8) is 0 Å². The Morgan fingerprint density at radius 3 is 2.92 bits per heavy atom. The number of pyridine rings is 1. The number of halogens is 3. The van der Waals surface area contributed by atoms with E-state index in [0.29, 0.717) is 5.52 Å². The lowest BCUT2D eigenvalue weighted by Gasteiger charge is -2.01. The quantitative estimate of drug-likeness (QED) is 0.659. The largest absolute Gasteiger partial charge is 0.252 e. The van der Waals surface area contributed by atoms with Crippen molar-refractivity contribution in [2.75, 3.05) is 0 Å². The predicted molar refractivity (Wildman–Crippen MR) is 62.1 cm³/mol. The molecule has 2 rings (SSSR count). The predicted octanol–water partition coefficient (Wildman–Crippen LogP) is 3.74. The van der Waals surface area contributed by atoms with Gasteiger partial charge in [-0.15, -0.1) is 0 Å². The van der Waals surface area contributed by atoms with Gasteiger partial charge in [0.15, 0.2) is 0 Å². The van der Waals surface area contributed by atoms with Gasteiger partial charge in [-0.1, -0.05) is 15.9 Å². The highest BCUT2D eigenvalue weighted by Crippen LogP contribution is 2.25. The smallest absolute Gasteiger partial charge is 0.149 e. The van der Waals surface area contributed by atoms with Gasteiger partial charge in [0, 0.05) is 19.6 Å². The van der Waals surface area contributed by atoms with Crippen LogP contribution in [0.2, 0.25) is 0 Å². The fourth-order valence-electron chi connectivity index (χ4n) is 1.13. The Labute approximate surface area is 96.6 Å². The van der Waals surface area contributed by atoms with Crippen LogP contribution in [0.3, 0.4) is 0 Å². The van der Waals surface area contributed by atoms with Crippen LogP contribution in [-0.4, -0.2) is 4.98 Å². The van der Waals surface area contributed by atoms with Gasteiger partial charge in [-0.05, 0) is 40.8 Å². The zero-order valence-corrected chi connectivity index (χ0v) is 10.1. The molecule has 0 spiro atoms. The van der Waals surface area contributed by atoms with E-state index in [-0.39, 0.29) is 5.82 Å². The standard InChI is InChI=1S/C9H4BrFIN/c10-7-1-2-8(11)9-6(7)3-5(12)4-13-9/h1-4H.